The number of hydrogen-bond acceptors (Lipinski definition) is 3. The Bertz CT molecular complexity index is 827. The molecule has 1 aromatic heterocycles. The average Bonchev–Trinajstić information content (AvgIpc) is 2.90. The first kappa shape index (κ1) is 16.0. The maximum atomic E-state index is 12.3. The number of hydrogen-bond donors (Lipinski definition) is 1. The largest absolute Gasteiger partial charge is 0.451 e. The third-order valence-corrected chi connectivity index (χ3v) is 4.79. The molecule has 0 unspecified atom stereocenters. The third kappa shape index (κ3) is 3.71. The molecule has 0 spiro atoms. The fourth-order valence-electron chi connectivity index (χ4n) is 2.34. The van der Waals surface area contributed by atoms with Crippen LogP contribution in [0.4, 0.5) is 0 Å². The summed E-state index contributed by atoms with van der Waals surface area (Å²) in [6, 6.07) is 15.3. The van der Waals surface area contributed by atoms with Crippen molar-refractivity contribution in [2.24, 2.45) is 0 Å². The molecule has 0 aliphatic heterocycles. The number of rotatable bonds is 5. The lowest BCUT2D eigenvalue weighted by atomic mass is 10.1. The van der Waals surface area contributed by atoms with Crippen molar-refractivity contribution in [3.8, 4) is 0 Å². The number of benzene rings is 2. The second-order valence-corrected chi connectivity index (χ2v) is 6.72. The highest BCUT2D eigenvalue weighted by Crippen LogP contribution is 2.25. The second kappa shape index (κ2) is 7.11. The minimum absolute atomic E-state index is 0.171. The maximum Gasteiger partial charge on any atom is 0.287 e. The summed E-state index contributed by atoms with van der Waals surface area (Å²) in [5.74, 6) is 1.00. The topological polar surface area (TPSA) is 42.2 Å². The number of carbonyl (C=O) groups excluding carboxylic acids is 1. The molecule has 3 rings (SSSR count). The molecule has 1 heterocycles. The summed E-state index contributed by atoms with van der Waals surface area (Å²) in [7, 11) is 0. The van der Waals surface area contributed by atoms with Gasteiger partial charge in [-0.05, 0) is 37.3 Å². The van der Waals surface area contributed by atoms with E-state index in [0.717, 1.165) is 32.2 Å². The maximum absolute atomic E-state index is 12.3. The van der Waals surface area contributed by atoms with E-state index in [1.807, 2.05) is 55.5 Å². The summed E-state index contributed by atoms with van der Waals surface area (Å²) >= 11 is 7.53. The number of furan rings is 1. The minimum atomic E-state index is -0.171. The van der Waals surface area contributed by atoms with Crippen LogP contribution in [-0.4, -0.2) is 18.2 Å². The Morgan fingerprint density at radius 1 is 1.17 bits per heavy atom. The molecule has 1 amide bonds. The van der Waals surface area contributed by atoms with Gasteiger partial charge in [-0.3, -0.25) is 4.79 Å². The molecule has 2 aromatic carbocycles. The zero-order valence-electron chi connectivity index (χ0n) is 12.6. The van der Waals surface area contributed by atoms with Gasteiger partial charge in [0.05, 0.1) is 0 Å². The van der Waals surface area contributed by atoms with E-state index in [4.69, 9.17) is 16.0 Å². The van der Waals surface area contributed by atoms with Crippen molar-refractivity contribution in [2.75, 3.05) is 12.3 Å². The normalized spacial score (nSPS) is 10.9. The molecule has 0 saturated carbocycles. The van der Waals surface area contributed by atoms with Gasteiger partial charge in [0.25, 0.3) is 5.91 Å². The molecular formula is C18H16ClNO2S. The molecule has 0 atom stereocenters. The predicted molar refractivity (Wildman–Crippen MR) is 95.5 cm³/mol. The molecule has 0 fully saturated rings. The monoisotopic (exact) mass is 345 g/mol. The SMILES string of the molecule is Cc1c(C(=O)NCCSc2ccc(Cl)cc2)oc2ccccc12. The van der Waals surface area contributed by atoms with E-state index >= 15 is 0 Å². The number of thioether (sulfide) groups is 1. The first-order valence-corrected chi connectivity index (χ1v) is 8.66. The molecule has 5 heteroatoms. The molecule has 1 N–H and O–H groups in total. The van der Waals surface area contributed by atoms with Crippen molar-refractivity contribution in [3.05, 3.63) is 64.9 Å². The number of aryl methyl sites for hydroxylation is 1. The Labute approximate surface area is 144 Å². The Morgan fingerprint density at radius 2 is 1.91 bits per heavy atom. The summed E-state index contributed by atoms with van der Waals surface area (Å²) in [6.07, 6.45) is 0. The smallest absolute Gasteiger partial charge is 0.287 e. The van der Waals surface area contributed by atoms with Gasteiger partial charge in [-0.2, -0.15) is 0 Å². The summed E-state index contributed by atoms with van der Waals surface area (Å²) in [4.78, 5) is 13.4. The Kier molecular flexibility index (Phi) is 4.94. The van der Waals surface area contributed by atoms with E-state index in [9.17, 15) is 4.79 Å². The predicted octanol–water partition coefficient (Wildman–Crippen LogP) is 4.92. The van der Waals surface area contributed by atoms with E-state index in [2.05, 4.69) is 5.32 Å². The molecular weight excluding hydrogens is 330 g/mol. The molecule has 0 saturated heterocycles. The van der Waals surface area contributed by atoms with Crippen LogP contribution in [-0.2, 0) is 0 Å². The van der Waals surface area contributed by atoms with Gasteiger partial charge in [0.15, 0.2) is 5.76 Å². The lowest BCUT2D eigenvalue weighted by Gasteiger charge is -2.04. The molecule has 0 bridgehead atoms. The van der Waals surface area contributed by atoms with Crippen LogP contribution in [0.1, 0.15) is 16.1 Å². The van der Waals surface area contributed by atoms with Gasteiger partial charge < -0.3 is 9.73 Å². The molecule has 0 aliphatic carbocycles. The van der Waals surface area contributed by atoms with Gasteiger partial charge in [0.1, 0.15) is 5.58 Å². The number of fused-ring (bicyclic) bond motifs is 1. The third-order valence-electron chi connectivity index (χ3n) is 3.52. The first-order chi connectivity index (χ1) is 11.1. The van der Waals surface area contributed by atoms with E-state index in [-0.39, 0.29) is 5.91 Å². The number of nitrogens with one attached hydrogen (secondary N) is 1. The Morgan fingerprint density at radius 3 is 2.65 bits per heavy atom. The molecule has 0 aliphatic rings. The van der Waals surface area contributed by atoms with Crippen molar-refractivity contribution < 1.29 is 9.21 Å². The van der Waals surface area contributed by atoms with Gasteiger partial charge in [-0.15, -0.1) is 11.8 Å². The Hall–Kier alpha value is -1.91. The van der Waals surface area contributed by atoms with Crippen molar-refractivity contribution >= 4 is 40.2 Å². The minimum Gasteiger partial charge on any atom is -0.451 e. The highest BCUT2D eigenvalue weighted by Gasteiger charge is 2.16. The number of carbonyl (C=O) groups is 1. The van der Waals surface area contributed by atoms with Crippen LogP contribution in [0, 0.1) is 6.92 Å². The number of halogens is 1. The van der Waals surface area contributed by atoms with Crippen molar-refractivity contribution in [3.63, 3.8) is 0 Å². The fraction of sp³-hybridized carbons (Fsp3) is 0.167. The van der Waals surface area contributed by atoms with Crippen LogP contribution >= 0.6 is 23.4 Å². The lowest BCUT2D eigenvalue weighted by molar-refractivity contribution is 0.0930. The fourth-order valence-corrected chi connectivity index (χ4v) is 3.23. The van der Waals surface area contributed by atoms with Crippen molar-refractivity contribution in [1.29, 1.82) is 0 Å². The standard InChI is InChI=1S/C18H16ClNO2S/c1-12-15-4-2-3-5-16(15)22-17(12)18(21)20-10-11-23-14-8-6-13(19)7-9-14/h2-9H,10-11H2,1H3,(H,20,21). The molecule has 118 valence electrons. The zero-order chi connectivity index (χ0) is 16.2. The highest BCUT2D eigenvalue weighted by atomic mass is 35.5. The molecule has 0 radical (unpaired) electrons. The van der Waals surface area contributed by atoms with Crippen molar-refractivity contribution in [2.45, 2.75) is 11.8 Å². The number of para-hydroxylation sites is 1. The van der Waals surface area contributed by atoms with Crippen LogP contribution < -0.4 is 5.32 Å². The molecule has 3 nitrogen and oxygen atoms in total. The number of amides is 1. The van der Waals surface area contributed by atoms with E-state index in [1.165, 1.54) is 0 Å². The van der Waals surface area contributed by atoms with Gasteiger partial charge in [0, 0.05) is 33.2 Å². The lowest BCUT2D eigenvalue weighted by Crippen LogP contribution is -2.25. The van der Waals surface area contributed by atoms with Gasteiger partial charge in [0.2, 0.25) is 0 Å². The highest BCUT2D eigenvalue weighted by molar-refractivity contribution is 7.99. The van der Waals surface area contributed by atoms with E-state index < -0.39 is 0 Å². The summed E-state index contributed by atoms with van der Waals surface area (Å²) < 4.78 is 5.66. The quantitative estimate of drug-likeness (QED) is 0.527. The van der Waals surface area contributed by atoms with Crippen LogP contribution in [0.25, 0.3) is 11.0 Å². The van der Waals surface area contributed by atoms with E-state index in [0.29, 0.717) is 12.3 Å². The summed E-state index contributed by atoms with van der Waals surface area (Å²) in [5, 5.41) is 4.61. The van der Waals surface area contributed by atoms with Gasteiger partial charge in [-0.1, -0.05) is 29.8 Å². The van der Waals surface area contributed by atoms with Crippen LogP contribution in [0.3, 0.4) is 0 Å². The van der Waals surface area contributed by atoms with Gasteiger partial charge in [-0.25, -0.2) is 0 Å². The van der Waals surface area contributed by atoms with Crippen LogP contribution in [0.2, 0.25) is 5.02 Å². The Balaban J connectivity index is 1.56. The average molecular weight is 346 g/mol. The van der Waals surface area contributed by atoms with E-state index in [1.54, 1.807) is 11.8 Å². The summed E-state index contributed by atoms with van der Waals surface area (Å²) in [5.41, 5.74) is 1.62. The zero-order valence-corrected chi connectivity index (χ0v) is 14.2. The second-order valence-electron chi connectivity index (χ2n) is 5.11. The first-order valence-electron chi connectivity index (χ1n) is 7.30. The van der Waals surface area contributed by atoms with Crippen LogP contribution in [0.5, 0.6) is 0 Å². The van der Waals surface area contributed by atoms with Crippen LogP contribution in [0.15, 0.2) is 57.8 Å². The summed E-state index contributed by atoms with van der Waals surface area (Å²) in [6.45, 7) is 2.48. The van der Waals surface area contributed by atoms with Gasteiger partial charge >= 0.3 is 0 Å². The molecule has 3 aromatic rings. The molecule has 23 heavy (non-hydrogen) atoms. The van der Waals surface area contributed by atoms with Crippen molar-refractivity contribution in [1.82, 2.24) is 5.32 Å².